The number of anilines is 1. The Morgan fingerprint density at radius 1 is 1.44 bits per heavy atom. The van der Waals surface area contributed by atoms with Gasteiger partial charge >= 0.3 is 0 Å². The summed E-state index contributed by atoms with van der Waals surface area (Å²) in [6.45, 7) is 10.7. The molecule has 0 unspecified atom stereocenters. The second kappa shape index (κ2) is 7.12. The number of hydrogen-bond acceptors (Lipinski definition) is 4. The summed E-state index contributed by atoms with van der Waals surface area (Å²) in [6, 6.07) is 0. The van der Waals surface area contributed by atoms with Crippen molar-refractivity contribution in [3.05, 3.63) is 58.1 Å². The van der Waals surface area contributed by atoms with E-state index in [1.807, 2.05) is 36.7 Å². The maximum absolute atomic E-state index is 13.1. The van der Waals surface area contributed by atoms with Crippen LogP contribution in [-0.4, -0.2) is 10.8 Å². The molecule has 3 rings (SSSR count). The molecule has 0 amide bonds. The van der Waals surface area contributed by atoms with E-state index in [2.05, 4.69) is 30.7 Å². The van der Waals surface area contributed by atoms with Crippen LogP contribution < -0.4 is 5.32 Å². The highest BCUT2D eigenvalue weighted by Gasteiger charge is 2.49. The Balaban J connectivity index is 2.18. The fourth-order valence-corrected chi connectivity index (χ4v) is 5.14. The van der Waals surface area contributed by atoms with Crippen molar-refractivity contribution in [3.8, 4) is 0 Å². The molecule has 0 radical (unpaired) electrons. The van der Waals surface area contributed by atoms with Gasteiger partial charge in [-0.3, -0.25) is 4.79 Å². The average molecular weight is 355 g/mol. The van der Waals surface area contributed by atoms with Crippen molar-refractivity contribution >= 4 is 22.9 Å². The zero-order valence-corrected chi connectivity index (χ0v) is 16.1. The molecule has 4 heteroatoms. The van der Waals surface area contributed by atoms with E-state index in [1.165, 1.54) is 0 Å². The summed E-state index contributed by atoms with van der Waals surface area (Å²) in [6.07, 6.45) is 11.4. The average Bonchev–Trinajstić information content (AvgIpc) is 3.08. The number of fused-ring (bicyclic) bond motifs is 1. The molecule has 2 heterocycles. The number of carbonyl (C=O) groups excluding carboxylic acids is 1. The van der Waals surface area contributed by atoms with E-state index in [-0.39, 0.29) is 5.78 Å². The lowest BCUT2D eigenvalue weighted by atomic mass is 9.64. The van der Waals surface area contributed by atoms with Crippen LogP contribution in [0.2, 0.25) is 0 Å². The number of hydrogen-bond donors (Lipinski definition) is 1. The lowest BCUT2D eigenvalue weighted by Crippen LogP contribution is -2.41. The number of allylic oxidation sites excluding steroid dienone is 7. The molecule has 3 nitrogen and oxygen atoms in total. The number of thiazole rings is 1. The molecule has 1 aliphatic heterocycles. The van der Waals surface area contributed by atoms with Crippen LogP contribution in [0, 0.1) is 5.92 Å². The van der Waals surface area contributed by atoms with E-state index in [1.54, 1.807) is 11.3 Å². The summed E-state index contributed by atoms with van der Waals surface area (Å²) in [7, 11) is 0. The Morgan fingerprint density at radius 2 is 2.24 bits per heavy atom. The van der Waals surface area contributed by atoms with Gasteiger partial charge in [-0.1, -0.05) is 51.2 Å². The summed E-state index contributed by atoms with van der Waals surface area (Å²) in [5.41, 5.74) is 4.36. The van der Waals surface area contributed by atoms with Crippen molar-refractivity contribution in [2.24, 2.45) is 5.92 Å². The summed E-state index contributed by atoms with van der Waals surface area (Å²) in [5, 5.41) is 3.46. The van der Waals surface area contributed by atoms with Crippen LogP contribution in [0.15, 0.2) is 53.2 Å². The lowest BCUT2D eigenvalue weighted by Gasteiger charge is -2.43. The van der Waals surface area contributed by atoms with Crippen LogP contribution in [0.5, 0.6) is 0 Å². The van der Waals surface area contributed by atoms with Crippen LogP contribution in [0.25, 0.3) is 0 Å². The fourth-order valence-electron chi connectivity index (χ4n) is 4.08. The summed E-state index contributed by atoms with van der Waals surface area (Å²) >= 11 is 1.62. The van der Waals surface area contributed by atoms with Gasteiger partial charge in [0.05, 0.1) is 15.8 Å². The molecule has 1 aromatic heterocycles. The van der Waals surface area contributed by atoms with Gasteiger partial charge in [0, 0.05) is 17.7 Å². The second-order valence-corrected chi connectivity index (χ2v) is 7.64. The smallest absolute Gasteiger partial charge is 0.162 e. The third-order valence-corrected chi connectivity index (χ3v) is 6.44. The number of nitrogens with zero attached hydrogens (tertiary/aromatic N) is 1. The van der Waals surface area contributed by atoms with Crippen molar-refractivity contribution in [2.75, 3.05) is 5.32 Å². The molecule has 0 saturated carbocycles. The van der Waals surface area contributed by atoms with E-state index in [0.717, 1.165) is 46.8 Å². The van der Waals surface area contributed by atoms with Crippen molar-refractivity contribution in [2.45, 2.75) is 51.9 Å². The van der Waals surface area contributed by atoms with Crippen molar-refractivity contribution in [3.63, 3.8) is 0 Å². The summed E-state index contributed by atoms with van der Waals surface area (Å²) in [5.74, 6) is 1.58. The van der Waals surface area contributed by atoms with E-state index in [9.17, 15) is 4.79 Å². The molecule has 2 atom stereocenters. The number of rotatable bonds is 5. The predicted molar refractivity (Wildman–Crippen MR) is 106 cm³/mol. The molecule has 1 aliphatic carbocycles. The van der Waals surface area contributed by atoms with Gasteiger partial charge in [0.25, 0.3) is 0 Å². The minimum absolute atomic E-state index is 0.266. The molecule has 25 heavy (non-hydrogen) atoms. The summed E-state index contributed by atoms with van der Waals surface area (Å²) in [4.78, 5) is 18.8. The number of carbonyl (C=O) groups is 1. The normalized spacial score (nSPS) is 26.0. The van der Waals surface area contributed by atoms with Crippen molar-refractivity contribution in [1.82, 2.24) is 4.98 Å². The Morgan fingerprint density at radius 3 is 2.92 bits per heavy atom. The van der Waals surface area contributed by atoms with E-state index >= 15 is 0 Å². The zero-order valence-electron chi connectivity index (χ0n) is 15.3. The highest BCUT2D eigenvalue weighted by atomic mass is 32.1. The first kappa shape index (κ1) is 17.9. The molecule has 2 aliphatic rings. The molecule has 0 bridgehead atoms. The third-order valence-electron chi connectivity index (χ3n) is 5.46. The van der Waals surface area contributed by atoms with Crippen LogP contribution >= 0.6 is 11.3 Å². The standard InChI is InChI=1S/C21H26N2OS/c1-5-8-9-10-14(4)21(7-3)18-16(11-15(6-2)12-17(18)24)23-20-19(21)25-13-22-20/h5,8-10,13,15,23H,4,6-7,11-12H2,1-3H3/b8-5-,10-9-/t15-,21-/m1/s1. The molecule has 132 valence electrons. The number of nitrogens with one attached hydrogen (secondary N) is 1. The number of aromatic nitrogens is 1. The molecule has 0 fully saturated rings. The van der Waals surface area contributed by atoms with Gasteiger partial charge < -0.3 is 5.32 Å². The quantitative estimate of drug-likeness (QED) is 0.705. The molecular formula is C21H26N2OS. The minimum atomic E-state index is -0.453. The summed E-state index contributed by atoms with van der Waals surface area (Å²) < 4.78 is 0. The Bertz CT molecular complexity index is 784. The van der Waals surface area contributed by atoms with E-state index in [0.29, 0.717) is 12.3 Å². The third kappa shape index (κ3) is 2.82. The Hall–Kier alpha value is -1.94. The second-order valence-electron chi connectivity index (χ2n) is 6.78. The first-order chi connectivity index (χ1) is 12.1. The topological polar surface area (TPSA) is 42.0 Å². The van der Waals surface area contributed by atoms with Gasteiger partial charge in [-0.15, -0.1) is 11.3 Å². The van der Waals surface area contributed by atoms with Crippen LogP contribution in [0.3, 0.4) is 0 Å². The highest BCUT2D eigenvalue weighted by molar-refractivity contribution is 7.10. The lowest BCUT2D eigenvalue weighted by molar-refractivity contribution is -0.117. The molecule has 0 aromatic carbocycles. The van der Waals surface area contributed by atoms with E-state index < -0.39 is 5.41 Å². The van der Waals surface area contributed by atoms with Gasteiger partial charge in [0.15, 0.2) is 5.78 Å². The maximum Gasteiger partial charge on any atom is 0.162 e. The van der Waals surface area contributed by atoms with Crippen LogP contribution in [0.1, 0.15) is 51.3 Å². The van der Waals surface area contributed by atoms with Gasteiger partial charge in [-0.25, -0.2) is 4.98 Å². The van der Waals surface area contributed by atoms with Crippen LogP contribution in [-0.2, 0) is 10.2 Å². The Kier molecular flexibility index (Phi) is 5.09. The fraction of sp³-hybridized carbons (Fsp3) is 0.429. The first-order valence-corrected chi connectivity index (χ1v) is 9.92. The van der Waals surface area contributed by atoms with Crippen molar-refractivity contribution in [1.29, 1.82) is 0 Å². The molecule has 0 spiro atoms. The SMILES string of the molecule is C=C(/C=C\C=C/C)[C@]1(CC)C2=C(C[C@@H](CC)CC2=O)Nc2ncsc21. The highest BCUT2D eigenvalue weighted by Crippen LogP contribution is 2.53. The Labute approximate surface area is 154 Å². The molecule has 1 N–H and O–H groups in total. The van der Waals surface area contributed by atoms with Crippen LogP contribution in [0.4, 0.5) is 5.82 Å². The zero-order chi connectivity index (χ0) is 18.0. The van der Waals surface area contributed by atoms with Gasteiger partial charge in [-0.2, -0.15) is 0 Å². The molecule has 1 aromatic rings. The number of Topliss-reactive ketones (excluding diaryl/α,β-unsaturated/α-hetero) is 1. The maximum atomic E-state index is 13.1. The number of ketones is 1. The van der Waals surface area contributed by atoms with Gasteiger partial charge in [0.1, 0.15) is 5.82 Å². The van der Waals surface area contributed by atoms with E-state index in [4.69, 9.17) is 0 Å². The minimum Gasteiger partial charge on any atom is -0.342 e. The van der Waals surface area contributed by atoms with Gasteiger partial charge in [0.2, 0.25) is 0 Å². The first-order valence-electron chi connectivity index (χ1n) is 9.04. The van der Waals surface area contributed by atoms with Crippen molar-refractivity contribution < 1.29 is 4.79 Å². The predicted octanol–water partition coefficient (Wildman–Crippen LogP) is 5.55. The largest absolute Gasteiger partial charge is 0.342 e. The molecule has 0 saturated heterocycles. The molecular weight excluding hydrogens is 328 g/mol. The monoisotopic (exact) mass is 354 g/mol. The van der Waals surface area contributed by atoms with Gasteiger partial charge in [-0.05, 0) is 31.3 Å².